The van der Waals surface area contributed by atoms with E-state index in [4.69, 9.17) is 10.9 Å². The van der Waals surface area contributed by atoms with Gasteiger partial charge in [-0.1, -0.05) is 6.92 Å². The fraction of sp³-hybridized carbons (Fsp3) is 0.455. The van der Waals surface area contributed by atoms with Crippen molar-refractivity contribution in [2.75, 3.05) is 24.5 Å². The third-order valence-corrected chi connectivity index (χ3v) is 3.35. The lowest BCUT2D eigenvalue weighted by Gasteiger charge is -2.23. The van der Waals surface area contributed by atoms with Gasteiger partial charge in [-0.3, -0.25) is 0 Å². The van der Waals surface area contributed by atoms with Gasteiger partial charge in [0.05, 0.1) is 4.90 Å². The minimum absolute atomic E-state index is 0.130. The van der Waals surface area contributed by atoms with E-state index < -0.39 is 10.0 Å². The first kappa shape index (κ1) is 14.0. The minimum atomic E-state index is -3.61. The predicted molar refractivity (Wildman–Crippen MR) is 69.4 cm³/mol. The summed E-state index contributed by atoms with van der Waals surface area (Å²) >= 11 is 0. The van der Waals surface area contributed by atoms with Crippen LogP contribution in [0.2, 0.25) is 0 Å². The molecule has 0 aliphatic heterocycles. The average molecular weight is 257 g/mol. The van der Waals surface area contributed by atoms with Crippen LogP contribution in [0.5, 0.6) is 0 Å². The van der Waals surface area contributed by atoms with Crippen molar-refractivity contribution < 1.29 is 8.42 Å². The summed E-state index contributed by atoms with van der Waals surface area (Å²) in [5.41, 5.74) is 6.50. The first-order chi connectivity index (χ1) is 7.99. The normalized spacial score (nSPS) is 11.5. The topological polar surface area (TPSA) is 89.4 Å². The number of nitrogens with two attached hydrogens (primary N) is 2. The molecule has 0 aliphatic carbocycles. The van der Waals surface area contributed by atoms with Crippen LogP contribution in [0.15, 0.2) is 29.2 Å². The second kappa shape index (κ2) is 6.00. The Labute approximate surface area is 102 Å². The number of primary sulfonamides is 1. The zero-order chi connectivity index (χ0) is 12.9. The van der Waals surface area contributed by atoms with Crippen molar-refractivity contribution in [1.29, 1.82) is 0 Å². The van der Waals surface area contributed by atoms with Gasteiger partial charge < -0.3 is 10.6 Å². The molecule has 0 bridgehead atoms. The quantitative estimate of drug-likeness (QED) is 0.777. The summed E-state index contributed by atoms with van der Waals surface area (Å²) in [6.07, 6.45) is 1.01. The van der Waals surface area contributed by atoms with E-state index in [1.54, 1.807) is 12.1 Å². The van der Waals surface area contributed by atoms with Crippen LogP contribution in [0.4, 0.5) is 5.69 Å². The highest BCUT2D eigenvalue weighted by Crippen LogP contribution is 2.17. The summed E-state index contributed by atoms with van der Waals surface area (Å²) in [4.78, 5) is 2.25. The molecular weight excluding hydrogens is 238 g/mol. The standard InChI is InChI=1S/C11H19N3O2S/c1-2-8-14(9-7-12)10-3-5-11(6-4-10)17(13,15)16/h3-6H,2,7-9,12H2,1H3,(H2,13,15,16). The lowest BCUT2D eigenvalue weighted by atomic mass is 10.2. The van der Waals surface area contributed by atoms with Crippen molar-refractivity contribution in [2.24, 2.45) is 10.9 Å². The SMILES string of the molecule is CCCN(CCN)c1ccc(S(N)(=O)=O)cc1. The maximum Gasteiger partial charge on any atom is 0.238 e. The third-order valence-electron chi connectivity index (χ3n) is 2.42. The fourth-order valence-corrected chi connectivity index (χ4v) is 2.16. The predicted octanol–water partition coefficient (Wildman–Crippen LogP) is 0.509. The van der Waals surface area contributed by atoms with Gasteiger partial charge in [-0.2, -0.15) is 0 Å². The zero-order valence-electron chi connectivity index (χ0n) is 9.96. The van der Waals surface area contributed by atoms with Gasteiger partial charge in [-0.05, 0) is 30.7 Å². The molecule has 0 amide bonds. The Kier molecular flexibility index (Phi) is 4.92. The molecule has 17 heavy (non-hydrogen) atoms. The van der Waals surface area contributed by atoms with Crippen LogP contribution >= 0.6 is 0 Å². The molecule has 0 aliphatic rings. The molecule has 0 spiro atoms. The molecule has 0 heterocycles. The van der Waals surface area contributed by atoms with Gasteiger partial charge in [0.1, 0.15) is 0 Å². The minimum Gasteiger partial charge on any atom is -0.370 e. The first-order valence-corrected chi connectivity index (χ1v) is 7.11. The van der Waals surface area contributed by atoms with E-state index in [9.17, 15) is 8.42 Å². The van der Waals surface area contributed by atoms with Gasteiger partial charge in [-0.25, -0.2) is 13.6 Å². The lowest BCUT2D eigenvalue weighted by molar-refractivity contribution is 0.598. The molecule has 6 heteroatoms. The molecule has 0 saturated carbocycles. The summed E-state index contributed by atoms with van der Waals surface area (Å²) in [6.45, 7) is 4.30. The Morgan fingerprint density at radius 1 is 1.18 bits per heavy atom. The number of nitrogens with zero attached hydrogens (tertiary/aromatic N) is 1. The van der Waals surface area contributed by atoms with Crippen molar-refractivity contribution >= 4 is 15.7 Å². The van der Waals surface area contributed by atoms with Gasteiger partial charge in [0.15, 0.2) is 0 Å². The molecule has 1 aromatic carbocycles. The highest BCUT2D eigenvalue weighted by molar-refractivity contribution is 7.89. The van der Waals surface area contributed by atoms with Gasteiger partial charge in [0.2, 0.25) is 10.0 Å². The number of hydrogen-bond acceptors (Lipinski definition) is 4. The number of rotatable bonds is 6. The molecule has 5 nitrogen and oxygen atoms in total. The summed E-state index contributed by atoms with van der Waals surface area (Å²) in [7, 11) is -3.61. The molecular formula is C11H19N3O2S. The van der Waals surface area contributed by atoms with E-state index in [-0.39, 0.29) is 4.90 Å². The van der Waals surface area contributed by atoms with Crippen LogP contribution < -0.4 is 15.8 Å². The van der Waals surface area contributed by atoms with Crippen LogP contribution in [0.25, 0.3) is 0 Å². The number of anilines is 1. The van der Waals surface area contributed by atoms with Gasteiger partial charge in [0, 0.05) is 25.3 Å². The monoisotopic (exact) mass is 257 g/mol. The smallest absolute Gasteiger partial charge is 0.238 e. The molecule has 0 saturated heterocycles. The highest BCUT2D eigenvalue weighted by atomic mass is 32.2. The van der Waals surface area contributed by atoms with E-state index in [1.807, 2.05) is 0 Å². The number of hydrogen-bond donors (Lipinski definition) is 2. The highest BCUT2D eigenvalue weighted by Gasteiger charge is 2.09. The number of sulfonamides is 1. The summed E-state index contributed by atoms with van der Waals surface area (Å²) in [6, 6.07) is 6.55. The Hall–Kier alpha value is -1.11. The van der Waals surface area contributed by atoms with E-state index >= 15 is 0 Å². The van der Waals surface area contributed by atoms with E-state index in [1.165, 1.54) is 12.1 Å². The Morgan fingerprint density at radius 2 is 1.76 bits per heavy atom. The second-order valence-electron chi connectivity index (χ2n) is 3.81. The van der Waals surface area contributed by atoms with Crippen LogP contribution in [0.3, 0.4) is 0 Å². The molecule has 0 unspecified atom stereocenters. The summed E-state index contributed by atoms with van der Waals surface area (Å²) in [5, 5.41) is 5.04. The van der Waals surface area contributed by atoms with E-state index in [2.05, 4.69) is 11.8 Å². The molecule has 96 valence electrons. The Morgan fingerprint density at radius 3 is 2.18 bits per heavy atom. The first-order valence-electron chi connectivity index (χ1n) is 5.57. The second-order valence-corrected chi connectivity index (χ2v) is 5.38. The van der Waals surface area contributed by atoms with Gasteiger partial charge >= 0.3 is 0 Å². The maximum absolute atomic E-state index is 11.1. The molecule has 0 fully saturated rings. The molecule has 0 radical (unpaired) electrons. The van der Waals surface area contributed by atoms with E-state index in [0.29, 0.717) is 6.54 Å². The maximum atomic E-state index is 11.1. The molecule has 0 aromatic heterocycles. The van der Waals surface area contributed by atoms with Gasteiger partial charge in [0.25, 0.3) is 0 Å². The van der Waals surface area contributed by atoms with Crippen LogP contribution in [0.1, 0.15) is 13.3 Å². The van der Waals surface area contributed by atoms with Gasteiger partial charge in [-0.15, -0.1) is 0 Å². The summed E-state index contributed by atoms with van der Waals surface area (Å²) < 4.78 is 22.2. The Bertz CT molecular complexity index is 436. The van der Waals surface area contributed by atoms with Crippen molar-refractivity contribution in [3.05, 3.63) is 24.3 Å². The summed E-state index contributed by atoms with van der Waals surface area (Å²) in [5.74, 6) is 0. The third kappa shape index (κ3) is 3.99. The Balaban J connectivity index is 2.91. The van der Waals surface area contributed by atoms with Crippen molar-refractivity contribution in [1.82, 2.24) is 0 Å². The number of benzene rings is 1. The lowest BCUT2D eigenvalue weighted by Crippen LogP contribution is -2.30. The zero-order valence-corrected chi connectivity index (χ0v) is 10.8. The molecule has 1 rings (SSSR count). The van der Waals surface area contributed by atoms with Crippen LogP contribution in [-0.2, 0) is 10.0 Å². The van der Waals surface area contributed by atoms with Crippen molar-refractivity contribution in [3.8, 4) is 0 Å². The van der Waals surface area contributed by atoms with E-state index in [0.717, 1.165) is 25.2 Å². The molecule has 4 N–H and O–H groups in total. The van der Waals surface area contributed by atoms with Crippen LogP contribution in [0, 0.1) is 0 Å². The van der Waals surface area contributed by atoms with Crippen LogP contribution in [-0.4, -0.2) is 28.1 Å². The largest absolute Gasteiger partial charge is 0.370 e. The average Bonchev–Trinajstić information content (AvgIpc) is 2.28. The fourth-order valence-electron chi connectivity index (χ4n) is 1.64. The molecule has 0 atom stereocenters. The molecule has 1 aromatic rings. The van der Waals surface area contributed by atoms with Crippen molar-refractivity contribution in [2.45, 2.75) is 18.2 Å². The van der Waals surface area contributed by atoms with Crippen molar-refractivity contribution in [3.63, 3.8) is 0 Å².